The number of nitrogens with zero attached hydrogens (tertiary/aromatic N) is 5. The highest BCUT2D eigenvalue weighted by Gasteiger charge is 2.13. The van der Waals surface area contributed by atoms with Crippen molar-refractivity contribution in [2.24, 2.45) is 0 Å². The van der Waals surface area contributed by atoms with Crippen molar-refractivity contribution in [2.75, 3.05) is 0 Å². The van der Waals surface area contributed by atoms with Gasteiger partial charge in [0.15, 0.2) is 10.8 Å². The molecule has 0 spiro atoms. The van der Waals surface area contributed by atoms with Gasteiger partial charge in [0.1, 0.15) is 6.33 Å². The third-order valence-corrected chi connectivity index (χ3v) is 4.93. The van der Waals surface area contributed by atoms with Crippen LogP contribution in [-0.2, 0) is 6.54 Å². The van der Waals surface area contributed by atoms with Crippen molar-refractivity contribution in [2.45, 2.75) is 13.5 Å². The fourth-order valence-corrected chi connectivity index (χ4v) is 3.40. The van der Waals surface area contributed by atoms with Crippen LogP contribution < -0.4 is 5.32 Å². The van der Waals surface area contributed by atoms with Crippen LogP contribution in [0, 0.1) is 6.92 Å². The van der Waals surface area contributed by atoms with Gasteiger partial charge in [0, 0.05) is 10.4 Å². The Morgan fingerprint density at radius 3 is 3.00 bits per heavy atom. The molecule has 4 aromatic rings. The van der Waals surface area contributed by atoms with E-state index in [1.54, 1.807) is 24.5 Å². The van der Waals surface area contributed by atoms with E-state index in [0.717, 1.165) is 27.0 Å². The average Bonchev–Trinajstić information content (AvgIpc) is 3.41. The molecule has 1 amide bonds. The van der Waals surface area contributed by atoms with Gasteiger partial charge in [0.2, 0.25) is 0 Å². The van der Waals surface area contributed by atoms with E-state index in [1.807, 2.05) is 25.1 Å². The lowest BCUT2D eigenvalue weighted by Gasteiger charge is -2.06. The van der Waals surface area contributed by atoms with Crippen LogP contribution in [-0.4, -0.2) is 31.1 Å². The SMILES string of the molecule is Cc1nc(-c2ccco2)sc1CNC(=O)c1cccc(-n2cnnn2)c1. The van der Waals surface area contributed by atoms with Crippen LogP contribution in [0.25, 0.3) is 16.5 Å². The predicted molar refractivity (Wildman–Crippen MR) is 94.9 cm³/mol. The fraction of sp³-hybridized carbons (Fsp3) is 0.118. The Balaban J connectivity index is 1.47. The van der Waals surface area contributed by atoms with E-state index in [0.29, 0.717) is 12.1 Å². The molecule has 3 heterocycles. The molecule has 3 aromatic heterocycles. The Labute approximate surface area is 152 Å². The second-order valence-corrected chi connectivity index (χ2v) is 6.58. The van der Waals surface area contributed by atoms with Crippen molar-refractivity contribution in [1.82, 2.24) is 30.5 Å². The van der Waals surface area contributed by atoms with Gasteiger partial charge >= 0.3 is 0 Å². The summed E-state index contributed by atoms with van der Waals surface area (Å²) in [6, 6.07) is 10.8. The third kappa shape index (κ3) is 3.24. The Kier molecular flexibility index (Phi) is 4.28. The number of rotatable bonds is 5. The largest absolute Gasteiger partial charge is 0.462 e. The van der Waals surface area contributed by atoms with Gasteiger partial charge < -0.3 is 9.73 Å². The predicted octanol–water partition coefficient (Wildman–Crippen LogP) is 2.62. The number of nitrogens with one attached hydrogen (secondary N) is 1. The molecule has 0 aliphatic carbocycles. The molecule has 0 atom stereocenters. The monoisotopic (exact) mass is 366 g/mol. The van der Waals surface area contributed by atoms with E-state index in [4.69, 9.17) is 4.42 Å². The maximum Gasteiger partial charge on any atom is 0.251 e. The molecular weight excluding hydrogens is 352 g/mol. The highest BCUT2D eigenvalue weighted by molar-refractivity contribution is 7.15. The number of amides is 1. The highest BCUT2D eigenvalue weighted by atomic mass is 32.1. The Bertz CT molecular complexity index is 1020. The molecule has 1 N–H and O–H groups in total. The topological polar surface area (TPSA) is 98.7 Å². The van der Waals surface area contributed by atoms with Crippen molar-refractivity contribution in [3.63, 3.8) is 0 Å². The zero-order valence-corrected chi connectivity index (χ0v) is 14.6. The van der Waals surface area contributed by atoms with E-state index in [-0.39, 0.29) is 5.91 Å². The molecule has 26 heavy (non-hydrogen) atoms. The Hall–Kier alpha value is -3.33. The summed E-state index contributed by atoms with van der Waals surface area (Å²) in [6.45, 7) is 2.32. The zero-order valence-electron chi connectivity index (χ0n) is 13.8. The summed E-state index contributed by atoms with van der Waals surface area (Å²) in [5.74, 6) is 0.553. The Morgan fingerprint density at radius 2 is 2.23 bits per heavy atom. The highest BCUT2D eigenvalue weighted by Crippen LogP contribution is 2.28. The summed E-state index contributed by atoms with van der Waals surface area (Å²) >= 11 is 1.51. The smallest absolute Gasteiger partial charge is 0.251 e. The number of tetrazole rings is 1. The molecule has 130 valence electrons. The van der Waals surface area contributed by atoms with Gasteiger partial charge in [-0.2, -0.15) is 0 Å². The molecule has 0 aliphatic rings. The number of benzene rings is 1. The maximum absolute atomic E-state index is 12.5. The van der Waals surface area contributed by atoms with E-state index >= 15 is 0 Å². The number of thiazole rings is 1. The summed E-state index contributed by atoms with van der Waals surface area (Å²) in [4.78, 5) is 18.0. The van der Waals surface area contributed by atoms with Gasteiger partial charge in [-0.25, -0.2) is 9.67 Å². The van der Waals surface area contributed by atoms with Crippen molar-refractivity contribution in [3.8, 4) is 16.5 Å². The minimum atomic E-state index is -0.174. The van der Waals surface area contributed by atoms with Crippen LogP contribution in [0.4, 0.5) is 0 Å². The van der Waals surface area contributed by atoms with E-state index < -0.39 is 0 Å². The van der Waals surface area contributed by atoms with Crippen molar-refractivity contribution >= 4 is 17.2 Å². The lowest BCUT2D eigenvalue weighted by molar-refractivity contribution is 0.0951. The van der Waals surface area contributed by atoms with Gasteiger partial charge in [-0.05, 0) is 47.7 Å². The molecule has 9 heteroatoms. The summed E-state index contributed by atoms with van der Waals surface area (Å²) in [7, 11) is 0. The van der Waals surface area contributed by atoms with Crippen LogP contribution in [0.5, 0.6) is 0 Å². The second-order valence-electron chi connectivity index (χ2n) is 5.49. The first-order chi connectivity index (χ1) is 12.7. The fourth-order valence-electron chi connectivity index (χ4n) is 2.43. The first-order valence-corrected chi connectivity index (χ1v) is 8.64. The van der Waals surface area contributed by atoms with Gasteiger partial charge in [-0.3, -0.25) is 4.79 Å². The van der Waals surface area contributed by atoms with Gasteiger partial charge in [0.05, 0.1) is 24.2 Å². The zero-order chi connectivity index (χ0) is 17.9. The molecule has 0 saturated carbocycles. The molecule has 0 aliphatic heterocycles. The number of carbonyl (C=O) groups excluding carboxylic acids is 1. The molecule has 0 unspecified atom stereocenters. The van der Waals surface area contributed by atoms with E-state index in [9.17, 15) is 4.79 Å². The van der Waals surface area contributed by atoms with Gasteiger partial charge in [-0.15, -0.1) is 16.4 Å². The first-order valence-electron chi connectivity index (χ1n) is 7.82. The lowest BCUT2D eigenvalue weighted by atomic mass is 10.2. The maximum atomic E-state index is 12.5. The average molecular weight is 366 g/mol. The number of hydrogen-bond donors (Lipinski definition) is 1. The van der Waals surface area contributed by atoms with Gasteiger partial charge in [0.25, 0.3) is 5.91 Å². The molecule has 1 aromatic carbocycles. The van der Waals surface area contributed by atoms with Crippen LogP contribution in [0.1, 0.15) is 20.9 Å². The van der Waals surface area contributed by atoms with Gasteiger partial charge in [-0.1, -0.05) is 6.07 Å². The molecule has 0 bridgehead atoms. The van der Waals surface area contributed by atoms with Crippen molar-refractivity contribution < 1.29 is 9.21 Å². The van der Waals surface area contributed by atoms with Crippen molar-refractivity contribution in [1.29, 1.82) is 0 Å². The van der Waals surface area contributed by atoms with Crippen LogP contribution >= 0.6 is 11.3 Å². The van der Waals surface area contributed by atoms with Crippen LogP contribution in [0.2, 0.25) is 0 Å². The summed E-state index contributed by atoms with van der Waals surface area (Å²) in [5.41, 5.74) is 2.13. The molecule has 8 nitrogen and oxygen atoms in total. The molecular formula is C17H14N6O2S. The Morgan fingerprint density at radius 1 is 1.31 bits per heavy atom. The van der Waals surface area contributed by atoms with E-state index in [1.165, 1.54) is 22.3 Å². The van der Waals surface area contributed by atoms with Crippen LogP contribution in [0.3, 0.4) is 0 Å². The molecule has 4 rings (SSSR count). The minimum absolute atomic E-state index is 0.174. The molecule has 0 saturated heterocycles. The summed E-state index contributed by atoms with van der Waals surface area (Å²) in [5, 5.41) is 14.8. The number of carbonyl (C=O) groups is 1. The normalized spacial score (nSPS) is 10.8. The molecule has 0 fully saturated rings. The quantitative estimate of drug-likeness (QED) is 0.583. The number of aromatic nitrogens is 5. The van der Waals surface area contributed by atoms with E-state index in [2.05, 4.69) is 25.8 Å². The second kappa shape index (κ2) is 6.89. The minimum Gasteiger partial charge on any atom is -0.462 e. The third-order valence-electron chi connectivity index (χ3n) is 3.76. The summed E-state index contributed by atoms with van der Waals surface area (Å²) < 4.78 is 6.87. The first kappa shape index (κ1) is 16.2. The number of furan rings is 1. The lowest BCUT2D eigenvalue weighted by Crippen LogP contribution is -2.22. The summed E-state index contributed by atoms with van der Waals surface area (Å²) in [6.07, 6.45) is 3.10. The van der Waals surface area contributed by atoms with Crippen LogP contribution in [0.15, 0.2) is 53.4 Å². The van der Waals surface area contributed by atoms with Crippen molar-refractivity contribution in [3.05, 3.63) is 65.1 Å². The standard InChI is InChI=1S/C17H14N6O2S/c1-11-15(26-17(20-11)14-6-3-7-25-14)9-18-16(24)12-4-2-5-13(8-12)23-10-19-21-22-23/h2-8,10H,9H2,1H3,(H,18,24). The molecule has 0 radical (unpaired) electrons. The number of hydrogen-bond acceptors (Lipinski definition) is 7. The number of aryl methyl sites for hydroxylation is 1.